The first-order valence-corrected chi connectivity index (χ1v) is 12.0. The smallest absolute Gasteiger partial charge is 0.306 e. The molecule has 5 unspecified atom stereocenters. The fourth-order valence-corrected chi connectivity index (χ4v) is 4.76. The standard InChI is InChI=1S/C26H41NO5/c1-7-25(5)18-22(31-24(30)17-13-12-16-23(28)29)19(3)26(6,8-2)27(25)32-20(4)21-14-10-9-11-15-21/h9-11,14-15,19-20,22H,7-8,12-13,16-18H2,1-6H3,(H,28,29). The molecule has 6 heteroatoms. The zero-order chi connectivity index (χ0) is 23.9. The van der Waals surface area contributed by atoms with Crippen LogP contribution < -0.4 is 0 Å². The first kappa shape index (κ1) is 26.3. The molecule has 0 aliphatic carbocycles. The molecule has 0 saturated carbocycles. The Morgan fingerprint density at radius 2 is 1.75 bits per heavy atom. The summed E-state index contributed by atoms with van der Waals surface area (Å²) >= 11 is 0. The number of esters is 1. The van der Waals surface area contributed by atoms with Crippen molar-refractivity contribution in [3.63, 3.8) is 0 Å². The topological polar surface area (TPSA) is 76.1 Å². The summed E-state index contributed by atoms with van der Waals surface area (Å²) in [5, 5.41) is 11.0. The largest absolute Gasteiger partial charge is 0.481 e. The van der Waals surface area contributed by atoms with Gasteiger partial charge < -0.3 is 9.84 Å². The molecule has 2 rings (SSSR count). The summed E-state index contributed by atoms with van der Waals surface area (Å²) in [6.07, 6.45) is 3.49. The van der Waals surface area contributed by atoms with E-state index in [2.05, 4.69) is 58.7 Å². The molecule has 180 valence electrons. The molecule has 1 fully saturated rings. The summed E-state index contributed by atoms with van der Waals surface area (Å²) in [4.78, 5) is 29.9. The van der Waals surface area contributed by atoms with Crippen LogP contribution in [0.15, 0.2) is 30.3 Å². The van der Waals surface area contributed by atoms with Gasteiger partial charge in [-0.1, -0.05) is 51.1 Å². The average Bonchev–Trinajstić information content (AvgIpc) is 2.78. The van der Waals surface area contributed by atoms with Crippen molar-refractivity contribution >= 4 is 11.9 Å². The van der Waals surface area contributed by atoms with Gasteiger partial charge in [-0.2, -0.15) is 5.06 Å². The first-order valence-electron chi connectivity index (χ1n) is 12.0. The molecule has 0 spiro atoms. The fraction of sp³-hybridized carbons (Fsp3) is 0.692. The van der Waals surface area contributed by atoms with E-state index >= 15 is 0 Å². The number of rotatable bonds is 11. The van der Waals surface area contributed by atoms with Crippen LogP contribution in [-0.2, 0) is 19.2 Å². The Morgan fingerprint density at radius 1 is 1.12 bits per heavy atom. The monoisotopic (exact) mass is 447 g/mol. The number of carboxylic acids is 1. The third-order valence-corrected chi connectivity index (χ3v) is 7.45. The van der Waals surface area contributed by atoms with Gasteiger partial charge >= 0.3 is 11.9 Å². The van der Waals surface area contributed by atoms with Crippen LogP contribution in [0.3, 0.4) is 0 Å². The van der Waals surface area contributed by atoms with Gasteiger partial charge in [0, 0.05) is 36.3 Å². The maximum atomic E-state index is 12.5. The normalized spacial score (nSPS) is 29.4. The Morgan fingerprint density at radius 3 is 2.31 bits per heavy atom. The summed E-state index contributed by atoms with van der Waals surface area (Å²) in [6.45, 7) is 12.9. The third-order valence-electron chi connectivity index (χ3n) is 7.45. The molecule has 1 aromatic carbocycles. The summed E-state index contributed by atoms with van der Waals surface area (Å²) in [5.41, 5.74) is 0.543. The van der Waals surface area contributed by atoms with Crippen molar-refractivity contribution in [2.45, 2.75) is 110 Å². The number of hydroxylamine groups is 2. The first-order chi connectivity index (χ1) is 15.1. The lowest BCUT2D eigenvalue weighted by molar-refractivity contribution is -0.336. The Kier molecular flexibility index (Phi) is 9.28. The van der Waals surface area contributed by atoms with E-state index in [0.717, 1.165) is 18.4 Å². The van der Waals surface area contributed by atoms with E-state index in [1.54, 1.807) is 0 Å². The van der Waals surface area contributed by atoms with Gasteiger partial charge in [-0.05, 0) is 52.0 Å². The highest BCUT2D eigenvalue weighted by molar-refractivity contribution is 5.70. The molecular weight excluding hydrogens is 406 g/mol. The van der Waals surface area contributed by atoms with Crippen LogP contribution in [0.1, 0.15) is 98.2 Å². The van der Waals surface area contributed by atoms with E-state index in [1.165, 1.54) is 0 Å². The number of carbonyl (C=O) groups excluding carboxylic acids is 1. The Hall–Kier alpha value is -1.92. The molecular formula is C26H41NO5. The Bertz CT molecular complexity index is 754. The molecule has 0 amide bonds. The maximum Gasteiger partial charge on any atom is 0.306 e. The van der Waals surface area contributed by atoms with Crippen LogP contribution in [0.25, 0.3) is 0 Å². The SMILES string of the molecule is CCC1(C)CC(OC(=O)CCCCC(=O)O)C(C)C(C)(CC)N1OC(C)c1ccccc1. The van der Waals surface area contributed by atoms with Crippen LogP contribution >= 0.6 is 0 Å². The number of benzene rings is 1. The number of aliphatic carboxylic acids is 1. The fourth-order valence-electron chi connectivity index (χ4n) is 4.76. The Labute approximate surface area is 193 Å². The summed E-state index contributed by atoms with van der Waals surface area (Å²) < 4.78 is 5.97. The minimum Gasteiger partial charge on any atom is -0.481 e. The van der Waals surface area contributed by atoms with Crippen molar-refractivity contribution in [1.82, 2.24) is 5.06 Å². The van der Waals surface area contributed by atoms with Gasteiger partial charge in [-0.25, -0.2) is 0 Å². The number of ether oxygens (including phenoxy) is 1. The number of nitrogens with zero attached hydrogens (tertiary/aromatic N) is 1. The number of unbranched alkanes of at least 4 members (excludes halogenated alkanes) is 1. The molecule has 1 aliphatic heterocycles. The second-order valence-corrected chi connectivity index (χ2v) is 9.64. The summed E-state index contributed by atoms with van der Waals surface area (Å²) in [7, 11) is 0. The molecule has 1 saturated heterocycles. The maximum absolute atomic E-state index is 12.5. The molecule has 1 heterocycles. The number of carbonyl (C=O) groups is 2. The quantitative estimate of drug-likeness (QED) is 0.335. The van der Waals surface area contributed by atoms with Crippen molar-refractivity contribution in [2.24, 2.45) is 5.92 Å². The lowest BCUT2D eigenvalue weighted by Crippen LogP contribution is -2.68. The van der Waals surface area contributed by atoms with E-state index in [1.807, 2.05) is 18.2 Å². The highest BCUT2D eigenvalue weighted by Crippen LogP contribution is 2.48. The van der Waals surface area contributed by atoms with Crippen molar-refractivity contribution in [3.05, 3.63) is 35.9 Å². The zero-order valence-electron chi connectivity index (χ0n) is 20.6. The van der Waals surface area contributed by atoms with Gasteiger partial charge in [0.15, 0.2) is 0 Å². The van der Waals surface area contributed by atoms with E-state index in [4.69, 9.17) is 14.7 Å². The van der Waals surface area contributed by atoms with E-state index in [-0.39, 0.29) is 48.0 Å². The third kappa shape index (κ3) is 6.10. The number of carboxylic acid groups (broad SMARTS) is 1. The van der Waals surface area contributed by atoms with Crippen LogP contribution in [0.4, 0.5) is 0 Å². The molecule has 6 nitrogen and oxygen atoms in total. The van der Waals surface area contributed by atoms with Crippen LogP contribution in [0.5, 0.6) is 0 Å². The van der Waals surface area contributed by atoms with E-state index in [9.17, 15) is 9.59 Å². The molecule has 0 radical (unpaired) electrons. The number of hydrogen-bond donors (Lipinski definition) is 1. The minimum absolute atomic E-state index is 0.0815. The predicted octanol–water partition coefficient (Wildman–Crippen LogP) is 5.92. The van der Waals surface area contributed by atoms with Crippen LogP contribution in [-0.4, -0.2) is 39.3 Å². The summed E-state index contributed by atoms with van der Waals surface area (Å²) in [6, 6.07) is 10.2. The average molecular weight is 448 g/mol. The molecule has 0 aromatic heterocycles. The second-order valence-electron chi connectivity index (χ2n) is 9.64. The Balaban J connectivity index is 2.16. The molecule has 1 aliphatic rings. The van der Waals surface area contributed by atoms with Gasteiger partial charge in [0.25, 0.3) is 0 Å². The van der Waals surface area contributed by atoms with Crippen molar-refractivity contribution in [1.29, 1.82) is 0 Å². The molecule has 32 heavy (non-hydrogen) atoms. The number of hydrogen-bond acceptors (Lipinski definition) is 5. The van der Waals surface area contributed by atoms with Crippen molar-refractivity contribution in [2.75, 3.05) is 0 Å². The molecule has 1 aromatic rings. The van der Waals surface area contributed by atoms with Crippen molar-refractivity contribution < 1.29 is 24.3 Å². The van der Waals surface area contributed by atoms with E-state index < -0.39 is 5.97 Å². The highest BCUT2D eigenvalue weighted by Gasteiger charge is 2.55. The highest BCUT2D eigenvalue weighted by atomic mass is 16.7. The van der Waals surface area contributed by atoms with E-state index in [0.29, 0.717) is 19.3 Å². The number of piperidine rings is 1. The van der Waals surface area contributed by atoms with Crippen LogP contribution in [0, 0.1) is 5.92 Å². The van der Waals surface area contributed by atoms with Gasteiger partial charge in [0.05, 0.1) is 0 Å². The second kappa shape index (κ2) is 11.3. The zero-order valence-corrected chi connectivity index (χ0v) is 20.6. The lowest BCUT2D eigenvalue weighted by atomic mass is 9.69. The predicted molar refractivity (Wildman–Crippen MR) is 125 cm³/mol. The molecule has 1 N–H and O–H groups in total. The van der Waals surface area contributed by atoms with Gasteiger partial charge in [-0.15, -0.1) is 0 Å². The summed E-state index contributed by atoms with van der Waals surface area (Å²) in [5.74, 6) is -0.990. The van der Waals surface area contributed by atoms with Gasteiger partial charge in [0.2, 0.25) is 0 Å². The molecule has 0 bridgehead atoms. The lowest BCUT2D eigenvalue weighted by Gasteiger charge is -2.59. The van der Waals surface area contributed by atoms with Crippen molar-refractivity contribution in [3.8, 4) is 0 Å². The minimum atomic E-state index is -0.832. The molecule has 5 atom stereocenters. The van der Waals surface area contributed by atoms with Gasteiger partial charge in [-0.3, -0.25) is 14.4 Å². The van der Waals surface area contributed by atoms with Crippen LogP contribution in [0.2, 0.25) is 0 Å². The van der Waals surface area contributed by atoms with Gasteiger partial charge in [0.1, 0.15) is 12.2 Å².